The predicted molar refractivity (Wildman–Crippen MR) is 113 cm³/mol. The van der Waals surface area contributed by atoms with Crippen LogP contribution in [0.15, 0.2) is 41.3 Å². The fourth-order valence-electron chi connectivity index (χ4n) is 3.31. The Kier molecular flexibility index (Phi) is 6.81. The zero-order valence-electron chi connectivity index (χ0n) is 17.5. The number of carbonyl (C=O) groups is 2. The quantitative estimate of drug-likeness (QED) is 0.583. The van der Waals surface area contributed by atoms with Gasteiger partial charge in [0.2, 0.25) is 21.8 Å². The van der Waals surface area contributed by atoms with Crippen LogP contribution in [0.4, 0.5) is 5.69 Å². The number of hydrogen-bond donors (Lipinski definition) is 1. The monoisotopic (exact) mass is 448 g/mol. The number of ether oxygens (including phenoxy) is 3. The number of benzene rings is 2. The van der Waals surface area contributed by atoms with E-state index in [0.717, 1.165) is 10.5 Å². The molecule has 0 saturated carbocycles. The maximum atomic E-state index is 12.8. The van der Waals surface area contributed by atoms with Crippen molar-refractivity contribution in [2.45, 2.75) is 24.2 Å². The SMILES string of the molecule is COc1ccc(CCNS(=O)(=O)c2ccc(OC)c(N3C(=O)CCC3=O)c2)cc1OC. The molecule has 10 heteroatoms. The van der Waals surface area contributed by atoms with Crippen molar-refractivity contribution < 1.29 is 32.2 Å². The molecular formula is C21H24N2O7S. The highest BCUT2D eigenvalue weighted by atomic mass is 32.2. The summed E-state index contributed by atoms with van der Waals surface area (Å²) in [6.45, 7) is 0.140. The van der Waals surface area contributed by atoms with Crippen LogP contribution < -0.4 is 23.8 Å². The summed E-state index contributed by atoms with van der Waals surface area (Å²) in [4.78, 5) is 25.1. The lowest BCUT2D eigenvalue weighted by Gasteiger charge is -2.18. The van der Waals surface area contributed by atoms with E-state index in [1.54, 1.807) is 12.1 Å². The van der Waals surface area contributed by atoms with Crippen LogP contribution >= 0.6 is 0 Å². The summed E-state index contributed by atoms with van der Waals surface area (Å²) in [5, 5.41) is 0. The van der Waals surface area contributed by atoms with Crippen LogP contribution in [0.25, 0.3) is 0 Å². The van der Waals surface area contributed by atoms with Gasteiger partial charge in [0.25, 0.3) is 0 Å². The molecule has 0 unspecified atom stereocenters. The van der Waals surface area contributed by atoms with Gasteiger partial charge in [-0.1, -0.05) is 6.07 Å². The van der Waals surface area contributed by atoms with Crippen molar-refractivity contribution in [3.63, 3.8) is 0 Å². The van der Waals surface area contributed by atoms with Gasteiger partial charge in [-0.25, -0.2) is 18.0 Å². The Balaban J connectivity index is 1.77. The van der Waals surface area contributed by atoms with Crippen LogP contribution in [-0.4, -0.2) is 48.1 Å². The molecule has 0 radical (unpaired) electrons. The lowest BCUT2D eigenvalue weighted by Crippen LogP contribution is -2.30. The Morgan fingerprint density at radius 3 is 2.10 bits per heavy atom. The van der Waals surface area contributed by atoms with Gasteiger partial charge >= 0.3 is 0 Å². The standard InChI is InChI=1S/C21H24N2O7S/c1-28-17-7-5-15(13-16(17)23-20(24)8-9-21(23)25)31(26,27)22-11-10-14-4-6-18(29-2)19(12-14)30-3/h4-7,12-13,22H,8-11H2,1-3H3. The first-order chi connectivity index (χ1) is 14.8. The Labute approximate surface area is 181 Å². The molecular weight excluding hydrogens is 424 g/mol. The lowest BCUT2D eigenvalue weighted by molar-refractivity contribution is -0.121. The fourth-order valence-corrected chi connectivity index (χ4v) is 4.36. The van der Waals surface area contributed by atoms with E-state index in [2.05, 4.69) is 4.72 Å². The van der Waals surface area contributed by atoms with E-state index in [4.69, 9.17) is 14.2 Å². The van der Waals surface area contributed by atoms with Gasteiger partial charge in [0, 0.05) is 19.4 Å². The molecule has 3 rings (SSSR count). The third-order valence-corrected chi connectivity index (χ3v) is 6.37. The number of anilines is 1. The molecule has 0 aliphatic carbocycles. The van der Waals surface area contributed by atoms with Crippen LogP contribution in [0.3, 0.4) is 0 Å². The van der Waals surface area contributed by atoms with Crippen LogP contribution in [0.5, 0.6) is 17.2 Å². The van der Waals surface area contributed by atoms with Crippen LogP contribution in [0.2, 0.25) is 0 Å². The van der Waals surface area contributed by atoms with E-state index in [0.29, 0.717) is 17.9 Å². The first-order valence-electron chi connectivity index (χ1n) is 9.55. The Bertz CT molecular complexity index is 1080. The summed E-state index contributed by atoms with van der Waals surface area (Å²) in [7, 11) is 0.576. The maximum absolute atomic E-state index is 12.8. The molecule has 1 N–H and O–H groups in total. The van der Waals surface area contributed by atoms with Gasteiger partial charge in [-0.05, 0) is 42.3 Å². The second kappa shape index (κ2) is 9.36. The number of rotatable bonds is 9. The van der Waals surface area contributed by atoms with Crippen molar-refractivity contribution in [3.05, 3.63) is 42.0 Å². The Morgan fingerprint density at radius 1 is 0.871 bits per heavy atom. The van der Waals surface area contributed by atoms with E-state index < -0.39 is 10.0 Å². The lowest BCUT2D eigenvalue weighted by atomic mass is 10.1. The second-order valence-corrected chi connectivity index (χ2v) is 8.56. The Hall–Kier alpha value is -3.11. The first kappa shape index (κ1) is 22.6. The number of imide groups is 1. The minimum atomic E-state index is -3.88. The molecule has 0 bridgehead atoms. The number of amides is 2. The molecule has 9 nitrogen and oxygen atoms in total. The fraction of sp³-hybridized carbons (Fsp3) is 0.333. The van der Waals surface area contributed by atoms with Crippen LogP contribution in [0.1, 0.15) is 18.4 Å². The highest BCUT2D eigenvalue weighted by Crippen LogP contribution is 2.34. The Morgan fingerprint density at radius 2 is 1.48 bits per heavy atom. The molecule has 0 atom stereocenters. The highest BCUT2D eigenvalue weighted by molar-refractivity contribution is 7.89. The van der Waals surface area contributed by atoms with E-state index in [1.807, 2.05) is 6.07 Å². The van der Waals surface area contributed by atoms with Crippen LogP contribution in [0, 0.1) is 0 Å². The molecule has 1 saturated heterocycles. The second-order valence-electron chi connectivity index (χ2n) is 6.79. The van der Waals surface area contributed by atoms with Gasteiger partial charge in [-0.15, -0.1) is 0 Å². The van der Waals surface area contributed by atoms with E-state index >= 15 is 0 Å². The van der Waals surface area contributed by atoms with Gasteiger partial charge < -0.3 is 14.2 Å². The average Bonchev–Trinajstić information content (AvgIpc) is 3.10. The summed E-state index contributed by atoms with van der Waals surface area (Å²) in [6, 6.07) is 9.43. The van der Waals surface area contributed by atoms with E-state index in [-0.39, 0.29) is 47.5 Å². The van der Waals surface area contributed by atoms with Gasteiger partial charge in [-0.2, -0.15) is 0 Å². The number of nitrogens with zero attached hydrogens (tertiary/aromatic N) is 1. The number of hydrogen-bond acceptors (Lipinski definition) is 7. The molecule has 0 aromatic heterocycles. The average molecular weight is 448 g/mol. The van der Waals surface area contributed by atoms with Crippen LogP contribution in [-0.2, 0) is 26.0 Å². The van der Waals surface area contributed by atoms with Crippen molar-refractivity contribution in [2.75, 3.05) is 32.8 Å². The van der Waals surface area contributed by atoms with Gasteiger partial charge in [0.05, 0.1) is 31.9 Å². The topological polar surface area (TPSA) is 111 Å². The first-order valence-corrected chi connectivity index (χ1v) is 11.0. The number of methoxy groups -OCH3 is 3. The summed E-state index contributed by atoms with van der Waals surface area (Å²) in [5.74, 6) is 0.609. The summed E-state index contributed by atoms with van der Waals surface area (Å²) in [6.07, 6.45) is 0.594. The minimum Gasteiger partial charge on any atom is -0.495 e. The van der Waals surface area contributed by atoms with Crippen molar-refractivity contribution in [1.82, 2.24) is 4.72 Å². The van der Waals surface area contributed by atoms with Crippen molar-refractivity contribution >= 4 is 27.5 Å². The number of sulfonamides is 1. The molecule has 0 spiro atoms. The summed E-state index contributed by atoms with van der Waals surface area (Å²) < 4.78 is 43.8. The maximum Gasteiger partial charge on any atom is 0.240 e. The number of carbonyl (C=O) groups excluding carboxylic acids is 2. The predicted octanol–water partition coefficient (Wildman–Crippen LogP) is 1.89. The van der Waals surface area contributed by atoms with Crippen molar-refractivity contribution in [1.29, 1.82) is 0 Å². The summed E-state index contributed by atoms with van der Waals surface area (Å²) >= 11 is 0. The molecule has 1 aliphatic rings. The smallest absolute Gasteiger partial charge is 0.240 e. The third-order valence-electron chi connectivity index (χ3n) is 4.91. The minimum absolute atomic E-state index is 0.0666. The van der Waals surface area contributed by atoms with Gasteiger partial charge in [-0.3, -0.25) is 9.59 Å². The zero-order chi connectivity index (χ0) is 22.6. The molecule has 2 aromatic rings. The molecule has 166 valence electrons. The molecule has 2 aromatic carbocycles. The van der Waals surface area contributed by atoms with Gasteiger partial charge in [0.15, 0.2) is 11.5 Å². The number of nitrogens with one attached hydrogen (secondary N) is 1. The van der Waals surface area contributed by atoms with Crippen molar-refractivity contribution in [2.24, 2.45) is 0 Å². The normalized spacial score (nSPS) is 14.1. The molecule has 2 amide bonds. The third kappa shape index (κ3) is 4.80. The molecule has 31 heavy (non-hydrogen) atoms. The summed E-state index contributed by atoms with van der Waals surface area (Å²) in [5.41, 5.74) is 0.988. The molecule has 1 aliphatic heterocycles. The molecule has 1 fully saturated rings. The van der Waals surface area contributed by atoms with E-state index in [1.165, 1.54) is 39.5 Å². The van der Waals surface area contributed by atoms with E-state index in [9.17, 15) is 18.0 Å². The highest BCUT2D eigenvalue weighted by Gasteiger charge is 2.33. The zero-order valence-corrected chi connectivity index (χ0v) is 18.3. The van der Waals surface area contributed by atoms with Crippen molar-refractivity contribution in [3.8, 4) is 17.2 Å². The molecule has 1 heterocycles. The largest absolute Gasteiger partial charge is 0.495 e. The van der Waals surface area contributed by atoms with Gasteiger partial charge in [0.1, 0.15) is 5.75 Å².